The van der Waals surface area contributed by atoms with Gasteiger partial charge < -0.3 is 10.1 Å². The molecule has 3 aromatic heterocycles. The summed E-state index contributed by atoms with van der Waals surface area (Å²) in [6.45, 7) is 0. The van der Waals surface area contributed by atoms with Crippen LogP contribution in [0.5, 0.6) is 5.75 Å². The summed E-state index contributed by atoms with van der Waals surface area (Å²) in [7, 11) is 1.51. The van der Waals surface area contributed by atoms with Crippen molar-refractivity contribution in [2.45, 2.75) is 6.18 Å². The number of pyridine rings is 2. The molecule has 0 unspecified atom stereocenters. The minimum absolute atomic E-state index is 0.121. The van der Waals surface area contributed by atoms with Gasteiger partial charge in [0.25, 0.3) is 0 Å². The Labute approximate surface area is 168 Å². The fraction of sp³-hybridized carbons (Fsp3) is 0.100. The van der Waals surface area contributed by atoms with Crippen molar-refractivity contribution in [1.82, 2.24) is 14.4 Å². The van der Waals surface area contributed by atoms with Crippen molar-refractivity contribution < 1.29 is 17.9 Å². The molecule has 0 radical (unpaired) electrons. The first-order valence-electron chi connectivity index (χ1n) is 8.49. The maximum Gasteiger partial charge on any atom is 0.435 e. The van der Waals surface area contributed by atoms with E-state index in [9.17, 15) is 13.2 Å². The van der Waals surface area contributed by atoms with Gasteiger partial charge in [-0.3, -0.25) is 4.40 Å². The molecule has 29 heavy (non-hydrogen) atoms. The minimum Gasteiger partial charge on any atom is -0.495 e. The van der Waals surface area contributed by atoms with E-state index in [0.717, 1.165) is 0 Å². The summed E-state index contributed by atoms with van der Waals surface area (Å²) in [5.74, 6) is 0.877. The first-order valence-corrected chi connectivity index (χ1v) is 8.87. The van der Waals surface area contributed by atoms with E-state index in [1.807, 2.05) is 0 Å². The molecule has 3 heterocycles. The van der Waals surface area contributed by atoms with Crippen LogP contribution in [0.3, 0.4) is 0 Å². The molecule has 0 spiro atoms. The zero-order valence-corrected chi connectivity index (χ0v) is 15.8. The molecule has 0 aliphatic heterocycles. The number of fused-ring (bicyclic) bond motifs is 1. The van der Waals surface area contributed by atoms with E-state index in [-0.39, 0.29) is 17.0 Å². The summed E-state index contributed by atoms with van der Waals surface area (Å²) in [5, 5.41) is 3.44. The van der Waals surface area contributed by atoms with E-state index in [1.54, 1.807) is 42.5 Å². The highest BCUT2D eigenvalue weighted by Crippen LogP contribution is 2.37. The van der Waals surface area contributed by atoms with Gasteiger partial charge in [-0.15, -0.1) is 0 Å². The highest BCUT2D eigenvalue weighted by molar-refractivity contribution is 6.32. The van der Waals surface area contributed by atoms with Gasteiger partial charge in [-0.25, -0.2) is 9.97 Å². The van der Waals surface area contributed by atoms with Gasteiger partial charge in [0.05, 0.1) is 17.8 Å². The molecule has 0 fully saturated rings. The number of aromatic nitrogens is 3. The molecule has 0 atom stereocenters. The van der Waals surface area contributed by atoms with Gasteiger partial charge in [-0.1, -0.05) is 23.7 Å². The van der Waals surface area contributed by atoms with Gasteiger partial charge in [0, 0.05) is 11.9 Å². The van der Waals surface area contributed by atoms with Crippen molar-refractivity contribution in [3.8, 4) is 17.1 Å². The molecule has 0 amide bonds. The Bertz CT molecular complexity index is 1190. The molecule has 0 bridgehead atoms. The Morgan fingerprint density at radius 3 is 2.59 bits per heavy atom. The molecule has 9 heteroatoms. The van der Waals surface area contributed by atoms with E-state index < -0.39 is 11.9 Å². The van der Waals surface area contributed by atoms with Crippen LogP contribution in [0.15, 0.2) is 60.8 Å². The number of ether oxygens (including phenoxy) is 1. The molecule has 0 aliphatic carbocycles. The van der Waals surface area contributed by atoms with Crippen LogP contribution in [0, 0.1) is 0 Å². The lowest BCUT2D eigenvalue weighted by Crippen LogP contribution is -2.08. The summed E-state index contributed by atoms with van der Waals surface area (Å²) < 4.78 is 47.3. The topological polar surface area (TPSA) is 51.5 Å². The van der Waals surface area contributed by atoms with Crippen molar-refractivity contribution in [3.05, 3.63) is 71.5 Å². The summed E-state index contributed by atoms with van der Waals surface area (Å²) in [5.41, 5.74) is -0.155. The number of nitrogens with zero attached hydrogens (tertiary/aromatic N) is 3. The Balaban J connectivity index is 1.77. The predicted molar refractivity (Wildman–Crippen MR) is 105 cm³/mol. The van der Waals surface area contributed by atoms with Crippen molar-refractivity contribution >= 4 is 28.8 Å². The number of anilines is 2. The molecule has 4 aromatic rings. The van der Waals surface area contributed by atoms with Crippen molar-refractivity contribution in [2.75, 3.05) is 12.4 Å². The quantitative estimate of drug-likeness (QED) is 0.453. The molecule has 5 nitrogen and oxygen atoms in total. The van der Waals surface area contributed by atoms with Crippen molar-refractivity contribution in [2.24, 2.45) is 0 Å². The van der Waals surface area contributed by atoms with Gasteiger partial charge in [-0.05, 0) is 42.5 Å². The van der Waals surface area contributed by atoms with Crippen LogP contribution in [-0.2, 0) is 6.18 Å². The van der Waals surface area contributed by atoms with Crippen molar-refractivity contribution in [1.29, 1.82) is 0 Å². The Morgan fingerprint density at radius 1 is 1.03 bits per heavy atom. The second-order valence-corrected chi connectivity index (χ2v) is 6.53. The highest BCUT2D eigenvalue weighted by Gasteiger charge is 2.38. The van der Waals surface area contributed by atoms with E-state index in [4.69, 9.17) is 16.3 Å². The number of methoxy groups -OCH3 is 1. The van der Waals surface area contributed by atoms with Crippen LogP contribution in [0.25, 0.3) is 17.0 Å². The van der Waals surface area contributed by atoms with Crippen LogP contribution in [-0.4, -0.2) is 21.5 Å². The number of halogens is 4. The standard InChI is InChI=1S/C20H14ClF3N4O/c1-29-15-9-8-12(11-13(15)21)25-16-6-4-5-14(26-16)18-19(20(22,23)24)27-17-7-2-3-10-28(17)18/h2-11H,1H3,(H,25,26). The predicted octanol–water partition coefficient (Wildman–Crippen LogP) is 5.82. The van der Waals surface area contributed by atoms with Gasteiger partial charge in [0.2, 0.25) is 0 Å². The number of benzene rings is 1. The number of alkyl halides is 3. The first kappa shape index (κ1) is 19.1. The zero-order valence-electron chi connectivity index (χ0n) is 15.0. The molecule has 0 aliphatic rings. The second kappa shape index (κ2) is 7.29. The minimum atomic E-state index is -4.62. The third-order valence-electron chi connectivity index (χ3n) is 4.21. The van der Waals surface area contributed by atoms with Gasteiger partial charge in [0.15, 0.2) is 5.69 Å². The van der Waals surface area contributed by atoms with E-state index in [1.165, 1.54) is 29.8 Å². The van der Waals surface area contributed by atoms with E-state index in [2.05, 4.69) is 15.3 Å². The Kier molecular flexibility index (Phi) is 4.79. The molecule has 1 N–H and O–H groups in total. The van der Waals surface area contributed by atoms with Crippen LogP contribution < -0.4 is 10.1 Å². The molecular formula is C20H14ClF3N4O. The third kappa shape index (κ3) is 3.71. The van der Waals surface area contributed by atoms with Crippen LogP contribution in [0.4, 0.5) is 24.7 Å². The van der Waals surface area contributed by atoms with Gasteiger partial charge >= 0.3 is 6.18 Å². The third-order valence-corrected chi connectivity index (χ3v) is 4.51. The Morgan fingerprint density at radius 2 is 1.86 bits per heavy atom. The lowest BCUT2D eigenvalue weighted by molar-refractivity contribution is -0.140. The first-order chi connectivity index (χ1) is 13.9. The van der Waals surface area contributed by atoms with E-state index in [0.29, 0.717) is 22.3 Å². The maximum absolute atomic E-state index is 13.6. The summed E-state index contributed by atoms with van der Waals surface area (Å²) in [4.78, 5) is 8.11. The molecule has 1 aromatic carbocycles. The number of nitrogens with one attached hydrogen (secondary N) is 1. The van der Waals surface area contributed by atoms with Crippen molar-refractivity contribution in [3.63, 3.8) is 0 Å². The number of rotatable bonds is 4. The van der Waals surface area contributed by atoms with Gasteiger partial charge in [-0.2, -0.15) is 13.2 Å². The largest absolute Gasteiger partial charge is 0.495 e. The lowest BCUT2D eigenvalue weighted by atomic mass is 10.2. The average Bonchev–Trinajstić information content (AvgIpc) is 3.08. The number of hydrogen-bond acceptors (Lipinski definition) is 4. The zero-order chi connectivity index (χ0) is 20.6. The second-order valence-electron chi connectivity index (χ2n) is 6.12. The summed E-state index contributed by atoms with van der Waals surface area (Å²) >= 11 is 6.12. The summed E-state index contributed by atoms with van der Waals surface area (Å²) in [6.07, 6.45) is -3.09. The SMILES string of the molecule is COc1ccc(Nc2cccc(-c3c(C(F)(F)F)nc4ccccn34)n2)cc1Cl. The molecular weight excluding hydrogens is 405 g/mol. The molecule has 148 valence electrons. The van der Waals surface area contributed by atoms with Crippen LogP contribution in [0.2, 0.25) is 5.02 Å². The fourth-order valence-electron chi connectivity index (χ4n) is 2.97. The summed E-state index contributed by atoms with van der Waals surface area (Å²) in [6, 6.07) is 14.6. The number of hydrogen-bond donors (Lipinski definition) is 1. The van der Waals surface area contributed by atoms with E-state index >= 15 is 0 Å². The monoisotopic (exact) mass is 418 g/mol. The lowest BCUT2D eigenvalue weighted by Gasteiger charge is -2.11. The average molecular weight is 419 g/mol. The fourth-order valence-corrected chi connectivity index (χ4v) is 3.22. The maximum atomic E-state index is 13.6. The molecule has 0 saturated heterocycles. The smallest absolute Gasteiger partial charge is 0.435 e. The van der Waals surface area contributed by atoms with Crippen LogP contribution >= 0.6 is 11.6 Å². The Hall–Kier alpha value is -3.26. The van der Waals surface area contributed by atoms with Gasteiger partial charge in [0.1, 0.15) is 22.9 Å². The normalized spacial score (nSPS) is 11.6. The number of imidazole rings is 1. The molecule has 0 saturated carbocycles. The molecule has 4 rings (SSSR count). The van der Waals surface area contributed by atoms with Crippen LogP contribution in [0.1, 0.15) is 5.69 Å². The highest BCUT2D eigenvalue weighted by atomic mass is 35.5.